The SMILES string of the molecule is Cc1ccc(C2CCC(CO)CN2)o1. The quantitative estimate of drug-likeness (QED) is 0.753. The maximum atomic E-state index is 8.99. The lowest BCUT2D eigenvalue weighted by atomic mass is 9.94. The molecule has 2 atom stereocenters. The summed E-state index contributed by atoms with van der Waals surface area (Å²) >= 11 is 0. The van der Waals surface area contributed by atoms with E-state index in [1.165, 1.54) is 0 Å². The van der Waals surface area contributed by atoms with E-state index in [9.17, 15) is 0 Å². The van der Waals surface area contributed by atoms with E-state index in [0.29, 0.717) is 12.0 Å². The standard InChI is InChI=1S/C11H17NO2/c1-8-2-5-11(14-8)10-4-3-9(7-13)6-12-10/h2,5,9-10,12-13H,3-4,6-7H2,1H3. The summed E-state index contributed by atoms with van der Waals surface area (Å²) in [6.07, 6.45) is 2.13. The Balaban J connectivity index is 1.95. The maximum Gasteiger partial charge on any atom is 0.121 e. The van der Waals surface area contributed by atoms with Gasteiger partial charge in [0, 0.05) is 13.2 Å². The summed E-state index contributed by atoms with van der Waals surface area (Å²) in [5.74, 6) is 2.41. The summed E-state index contributed by atoms with van der Waals surface area (Å²) in [5.41, 5.74) is 0. The van der Waals surface area contributed by atoms with Crippen molar-refractivity contribution < 1.29 is 9.52 Å². The molecule has 2 heterocycles. The first-order valence-corrected chi connectivity index (χ1v) is 5.20. The van der Waals surface area contributed by atoms with Crippen LogP contribution < -0.4 is 5.32 Å². The molecule has 2 N–H and O–H groups in total. The molecule has 0 spiro atoms. The van der Waals surface area contributed by atoms with E-state index in [4.69, 9.17) is 9.52 Å². The number of furan rings is 1. The van der Waals surface area contributed by atoms with Crippen LogP contribution in [0, 0.1) is 12.8 Å². The zero-order valence-electron chi connectivity index (χ0n) is 8.49. The normalized spacial score (nSPS) is 27.9. The lowest BCUT2D eigenvalue weighted by molar-refractivity contribution is 0.177. The van der Waals surface area contributed by atoms with Gasteiger partial charge in [0.15, 0.2) is 0 Å². The highest BCUT2D eigenvalue weighted by Crippen LogP contribution is 2.26. The molecule has 3 nitrogen and oxygen atoms in total. The molecule has 0 aliphatic carbocycles. The van der Waals surface area contributed by atoms with Crippen molar-refractivity contribution in [2.75, 3.05) is 13.2 Å². The van der Waals surface area contributed by atoms with Gasteiger partial charge in [-0.05, 0) is 37.8 Å². The lowest BCUT2D eigenvalue weighted by Gasteiger charge is -2.27. The minimum Gasteiger partial charge on any atom is -0.465 e. The Bertz CT molecular complexity index is 287. The molecule has 2 rings (SSSR count). The van der Waals surface area contributed by atoms with E-state index in [0.717, 1.165) is 30.9 Å². The molecule has 0 radical (unpaired) electrons. The average molecular weight is 195 g/mol. The van der Waals surface area contributed by atoms with Crippen molar-refractivity contribution in [3.63, 3.8) is 0 Å². The molecule has 1 fully saturated rings. The molecule has 1 aromatic rings. The summed E-state index contributed by atoms with van der Waals surface area (Å²) in [6, 6.07) is 4.37. The molecule has 0 aromatic carbocycles. The molecule has 1 aliphatic heterocycles. The molecule has 0 amide bonds. The van der Waals surface area contributed by atoms with Crippen LogP contribution in [0.25, 0.3) is 0 Å². The summed E-state index contributed by atoms with van der Waals surface area (Å²) < 4.78 is 5.57. The van der Waals surface area contributed by atoms with Gasteiger partial charge in [0.1, 0.15) is 11.5 Å². The molecule has 1 saturated heterocycles. The van der Waals surface area contributed by atoms with Crippen molar-refractivity contribution in [2.24, 2.45) is 5.92 Å². The number of aliphatic hydroxyl groups excluding tert-OH is 1. The molecule has 0 bridgehead atoms. The third-order valence-electron chi connectivity index (χ3n) is 2.88. The van der Waals surface area contributed by atoms with Crippen molar-refractivity contribution in [1.29, 1.82) is 0 Å². The number of hydrogen-bond donors (Lipinski definition) is 2. The second-order valence-corrected chi connectivity index (χ2v) is 4.04. The topological polar surface area (TPSA) is 45.4 Å². The van der Waals surface area contributed by atoms with E-state index in [-0.39, 0.29) is 6.61 Å². The maximum absolute atomic E-state index is 8.99. The van der Waals surface area contributed by atoms with E-state index in [1.807, 2.05) is 19.1 Å². The van der Waals surface area contributed by atoms with Crippen LogP contribution in [0.5, 0.6) is 0 Å². The molecule has 14 heavy (non-hydrogen) atoms. The van der Waals surface area contributed by atoms with Gasteiger partial charge in [0.05, 0.1) is 6.04 Å². The van der Waals surface area contributed by atoms with Crippen molar-refractivity contribution in [1.82, 2.24) is 5.32 Å². The largest absolute Gasteiger partial charge is 0.465 e. The summed E-state index contributed by atoms with van der Waals surface area (Å²) in [5, 5.41) is 12.4. The molecule has 1 aliphatic rings. The minimum atomic E-state index is 0.289. The zero-order chi connectivity index (χ0) is 9.97. The van der Waals surface area contributed by atoms with Gasteiger partial charge in [-0.1, -0.05) is 0 Å². The Morgan fingerprint density at radius 2 is 2.36 bits per heavy atom. The fourth-order valence-electron chi connectivity index (χ4n) is 1.95. The first-order valence-electron chi connectivity index (χ1n) is 5.20. The summed E-state index contributed by atoms with van der Waals surface area (Å²) in [6.45, 7) is 3.14. The lowest BCUT2D eigenvalue weighted by Crippen LogP contribution is -2.34. The molecule has 3 heteroatoms. The predicted molar refractivity (Wildman–Crippen MR) is 54.0 cm³/mol. The van der Waals surface area contributed by atoms with Crippen LogP contribution >= 0.6 is 0 Å². The minimum absolute atomic E-state index is 0.289. The molecule has 1 aromatic heterocycles. The smallest absolute Gasteiger partial charge is 0.121 e. The number of hydrogen-bond acceptors (Lipinski definition) is 3. The van der Waals surface area contributed by atoms with Gasteiger partial charge < -0.3 is 14.8 Å². The number of aliphatic hydroxyl groups is 1. The van der Waals surface area contributed by atoms with Gasteiger partial charge in [0.2, 0.25) is 0 Å². The van der Waals surface area contributed by atoms with Gasteiger partial charge in [-0.2, -0.15) is 0 Å². The molecule has 0 saturated carbocycles. The van der Waals surface area contributed by atoms with Crippen LogP contribution in [0.4, 0.5) is 0 Å². The second-order valence-electron chi connectivity index (χ2n) is 4.04. The van der Waals surface area contributed by atoms with Gasteiger partial charge in [-0.15, -0.1) is 0 Å². The summed E-state index contributed by atoms with van der Waals surface area (Å²) in [7, 11) is 0. The number of aryl methyl sites for hydroxylation is 1. The highest BCUT2D eigenvalue weighted by atomic mass is 16.3. The van der Waals surface area contributed by atoms with Crippen LogP contribution in [0.3, 0.4) is 0 Å². The van der Waals surface area contributed by atoms with E-state index in [1.54, 1.807) is 0 Å². The molecular weight excluding hydrogens is 178 g/mol. The monoisotopic (exact) mass is 195 g/mol. The van der Waals surface area contributed by atoms with Gasteiger partial charge in [-0.3, -0.25) is 0 Å². The van der Waals surface area contributed by atoms with Crippen LogP contribution in [0.2, 0.25) is 0 Å². The fourth-order valence-corrected chi connectivity index (χ4v) is 1.95. The van der Waals surface area contributed by atoms with Crippen LogP contribution in [0.15, 0.2) is 16.5 Å². The van der Waals surface area contributed by atoms with E-state index < -0.39 is 0 Å². The van der Waals surface area contributed by atoms with Crippen molar-refractivity contribution in [3.05, 3.63) is 23.7 Å². The average Bonchev–Trinajstić information content (AvgIpc) is 2.65. The van der Waals surface area contributed by atoms with Crippen molar-refractivity contribution in [2.45, 2.75) is 25.8 Å². The number of piperidine rings is 1. The fraction of sp³-hybridized carbons (Fsp3) is 0.636. The molecular formula is C11H17NO2. The van der Waals surface area contributed by atoms with Gasteiger partial charge >= 0.3 is 0 Å². The van der Waals surface area contributed by atoms with Crippen molar-refractivity contribution in [3.8, 4) is 0 Å². The summed E-state index contributed by atoms with van der Waals surface area (Å²) in [4.78, 5) is 0. The first-order chi connectivity index (χ1) is 6.79. The van der Waals surface area contributed by atoms with Crippen molar-refractivity contribution >= 4 is 0 Å². The van der Waals surface area contributed by atoms with Gasteiger partial charge in [-0.25, -0.2) is 0 Å². The van der Waals surface area contributed by atoms with Crippen LogP contribution in [-0.4, -0.2) is 18.3 Å². The Morgan fingerprint density at radius 3 is 2.86 bits per heavy atom. The highest BCUT2D eigenvalue weighted by Gasteiger charge is 2.22. The predicted octanol–water partition coefficient (Wildman–Crippen LogP) is 1.62. The van der Waals surface area contributed by atoms with Gasteiger partial charge in [0.25, 0.3) is 0 Å². The van der Waals surface area contributed by atoms with E-state index in [2.05, 4.69) is 5.32 Å². The Morgan fingerprint density at radius 1 is 1.50 bits per heavy atom. The first kappa shape index (κ1) is 9.74. The highest BCUT2D eigenvalue weighted by molar-refractivity contribution is 5.10. The zero-order valence-corrected chi connectivity index (χ0v) is 8.49. The Kier molecular flexibility index (Phi) is 2.89. The Hall–Kier alpha value is -0.800. The molecule has 2 unspecified atom stereocenters. The third-order valence-corrected chi connectivity index (χ3v) is 2.88. The van der Waals surface area contributed by atoms with E-state index >= 15 is 0 Å². The molecule has 78 valence electrons. The second kappa shape index (κ2) is 4.15. The third kappa shape index (κ3) is 1.99. The Labute approximate surface area is 84.1 Å². The number of nitrogens with one attached hydrogen (secondary N) is 1. The van der Waals surface area contributed by atoms with Crippen LogP contribution in [-0.2, 0) is 0 Å². The number of rotatable bonds is 2. The van der Waals surface area contributed by atoms with Crippen LogP contribution in [0.1, 0.15) is 30.4 Å².